The maximum Gasteiger partial charge on any atom is 0.339 e. The van der Waals surface area contributed by atoms with Gasteiger partial charge in [-0.3, -0.25) is 4.79 Å². The molecule has 0 saturated heterocycles. The molecule has 4 heteroatoms. The molecule has 1 aromatic carbocycles. The first-order valence-electron chi connectivity index (χ1n) is 11.3. The summed E-state index contributed by atoms with van der Waals surface area (Å²) in [6.07, 6.45) is 28.1. The van der Waals surface area contributed by atoms with Gasteiger partial charge in [-0.05, 0) is 69.6 Å². The molecule has 0 fully saturated rings. The van der Waals surface area contributed by atoms with Crippen molar-refractivity contribution in [3.63, 3.8) is 0 Å². The first kappa shape index (κ1) is 26.9. The van der Waals surface area contributed by atoms with Gasteiger partial charge < -0.3 is 9.84 Å². The fourth-order valence-corrected chi connectivity index (χ4v) is 2.80. The average Bonchev–Trinajstić information content (AvgIpc) is 2.75. The topological polar surface area (TPSA) is 63.6 Å². The van der Waals surface area contributed by atoms with Crippen LogP contribution >= 0.6 is 0 Å². The van der Waals surface area contributed by atoms with Gasteiger partial charge in [-0.2, -0.15) is 0 Å². The number of allylic oxidation sites excluding steroid dienone is 10. The summed E-state index contributed by atoms with van der Waals surface area (Å²) in [5, 5.41) is 9.19. The van der Waals surface area contributed by atoms with E-state index in [0.29, 0.717) is 6.42 Å². The van der Waals surface area contributed by atoms with Gasteiger partial charge >= 0.3 is 11.9 Å². The van der Waals surface area contributed by atoms with E-state index >= 15 is 0 Å². The van der Waals surface area contributed by atoms with Crippen LogP contribution in [0.15, 0.2) is 79.0 Å². The predicted molar refractivity (Wildman–Crippen MR) is 132 cm³/mol. The number of hydrogen-bond acceptors (Lipinski definition) is 3. The Morgan fingerprint density at radius 3 is 1.91 bits per heavy atom. The quantitative estimate of drug-likeness (QED) is 0.134. The number of esters is 1. The molecule has 172 valence electrons. The number of aryl methyl sites for hydroxylation is 1. The highest BCUT2D eigenvalue weighted by Crippen LogP contribution is 2.21. The molecule has 32 heavy (non-hydrogen) atoms. The maximum absolute atomic E-state index is 12.0. The first-order valence-corrected chi connectivity index (χ1v) is 11.3. The summed E-state index contributed by atoms with van der Waals surface area (Å²) >= 11 is 0. The Hall–Kier alpha value is -3.14. The van der Waals surface area contributed by atoms with Gasteiger partial charge in [-0.15, -0.1) is 0 Å². The molecule has 0 aliphatic carbocycles. The van der Waals surface area contributed by atoms with E-state index in [1.165, 1.54) is 6.07 Å². The minimum atomic E-state index is -1.11. The monoisotopic (exact) mass is 436 g/mol. The number of carbonyl (C=O) groups is 2. The van der Waals surface area contributed by atoms with Crippen LogP contribution in [0.4, 0.5) is 0 Å². The molecule has 0 aliphatic heterocycles. The number of carboxylic acid groups (broad SMARTS) is 1. The summed E-state index contributed by atoms with van der Waals surface area (Å²) in [6, 6.07) is 4.71. The van der Waals surface area contributed by atoms with E-state index in [4.69, 9.17) is 4.74 Å². The van der Waals surface area contributed by atoms with Crippen molar-refractivity contribution in [2.45, 2.75) is 65.2 Å². The lowest BCUT2D eigenvalue weighted by molar-refractivity contribution is -0.134. The zero-order chi connectivity index (χ0) is 23.4. The SMILES string of the molecule is CC/C=C\C/C=C\C/C=C\C/C=C\C/C=C\CCCC(=O)Oc1cc(C)ccc1C(=O)O. The third-order valence-electron chi connectivity index (χ3n) is 4.50. The Morgan fingerprint density at radius 1 is 0.844 bits per heavy atom. The molecule has 4 nitrogen and oxygen atoms in total. The van der Waals surface area contributed by atoms with Crippen LogP contribution < -0.4 is 4.74 Å². The van der Waals surface area contributed by atoms with Crippen molar-refractivity contribution in [1.29, 1.82) is 0 Å². The van der Waals surface area contributed by atoms with Gasteiger partial charge in [-0.25, -0.2) is 4.79 Å². The van der Waals surface area contributed by atoms with E-state index in [-0.39, 0.29) is 17.7 Å². The van der Waals surface area contributed by atoms with Gasteiger partial charge in [0.05, 0.1) is 0 Å². The van der Waals surface area contributed by atoms with Crippen LogP contribution in [-0.4, -0.2) is 17.0 Å². The van der Waals surface area contributed by atoms with Crippen molar-refractivity contribution < 1.29 is 19.4 Å². The number of carboxylic acids is 1. The smallest absolute Gasteiger partial charge is 0.339 e. The summed E-state index contributed by atoms with van der Waals surface area (Å²) in [4.78, 5) is 23.2. The van der Waals surface area contributed by atoms with E-state index in [1.54, 1.807) is 12.1 Å². The molecule has 0 bridgehead atoms. The highest BCUT2D eigenvalue weighted by atomic mass is 16.5. The second-order valence-electron chi connectivity index (χ2n) is 7.38. The van der Waals surface area contributed by atoms with E-state index in [1.807, 2.05) is 6.92 Å². The summed E-state index contributed by atoms with van der Waals surface area (Å²) in [5.41, 5.74) is 0.846. The van der Waals surface area contributed by atoms with Crippen molar-refractivity contribution in [2.24, 2.45) is 0 Å². The molecule has 1 aromatic rings. The number of ether oxygens (including phenoxy) is 1. The number of carbonyl (C=O) groups excluding carboxylic acids is 1. The normalized spacial score (nSPS) is 12.2. The Balaban J connectivity index is 2.15. The zero-order valence-corrected chi connectivity index (χ0v) is 19.3. The summed E-state index contributed by atoms with van der Waals surface area (Å²) in [7, 11) is 0. The predicted octanol–water partition coefficient (Wildman–Crippen LogP) is 7.52. The van der Waals surface area contributed by atoms with Crippen LogP contribution in [0.2, 0.25) is 0 Å². The lowest BCUT2D eigenvalue weighted by Gasteiger charge is -2.08. The first-order chi connectivity index (χ1) is 15.5. The molecule has 0 aromatic heterocycles. The van der Waals surface area contributed by atoms with Crippen LogP contribution in [0, 0.1) is 6.92 Å². The molecule has 1 N–H and O–H groups in total. The average molecular weight is 437 g/mol. The van der Waals surface area contributed by atoms with Crippen molar-refractivity contribution in [3.05, 3.63) is 90.1 Å². The number of unbranched alkanes of at least 4 members (excludes halogenated alkanes) is 1. The van der Waals surface area contributed by atoms with Gasteiger partial charge in [0.1, 0.15) is 11.3 Å². The van der Waals surface area contributed by atoms with Crippen LogP contribution in [0.25, 0.3) is 0 Å². The van der Waals surface area contributed by atoms with Crippen LogP contribution in [0.3, 0.4) is 0 Å². The molecule has 0 spiro atoms. The number of rotatable bonds is 15. The number of benzene rings is 1. The van der Waals surface area contributed by atoms with Gasteiger partial charge in [-0.1, -0.05) is 73.8 Å². The highest BCUT2D eigenvalue weighted by molar-refractivity contribution is 5.92. The summed E-state index contributed by atoms with van der Waals surface area (Å²) < 4.78 is 5.25. The van der Waals surface area contributed by atoms with Gasteiger partial charge in [0.2, 0.25) is 0 Å². The second kappa shape index (κ2) is 17.5. The fourth-order valence-electron chi connectivity index (χ4n) is 2.80. The van der Waals surface area contributed by atoms with Crippen molar-refractivity contribution in [2.75, 3.05) is 0 Å². The molecule has 0 unspecified atom stereocenters. The fraction of sp³-hybridized carbons (Fsp3) is 0.357. The van der Waals surface area contributed by atoms with Crippen LogP contribution in [-0.2, 0) is 4.79 Å². The molecule has 0 amide bonds. The summed E-state index contributed by atoms with van der Waals surface area (Å²) in [6.45, 7) is 3.96. The Bertz CT molecular complexity index is 841. The Labute approximate surface area is 192 Å². The minimum Gasteiger partial charge on any atom is -0.478 e. The molecule has 0 aliphatic rings. The molecule has 0 atom stereocenters. The van der Waals surface area contributed by atoms with E-state index < -0.39 is 11.9 Å². The van der Waals surface area contributed by atoms with E-state index in [0.717, 1.165) is 44.1 Å². The standard InChI is InChI=1S/C28H36O4/c1-3-4-5-6-7-8-9-10-11-12-13-14-15-16-17-18-19-20-27(29)32-26-23-24(2)21-22-25(26)28(30)31/h4-5,7-8,10-11,13-14,16-17,21-23H,3,6,9,12,15,18-20H2,1-2H3,(H,30,31)/b5-4-,8-7-,11-10-,14-13-,17-16-. The van der Waals surface area contributed by atoms with Gasteiger partial charge in [0.15, 0.2) is 0 Å². The zero-order valence-electron chi connectivity index (χ0n) is 19.3. The summed E-state index contributed by atoms with van der Waals surface area (Å²) in [5.74, 6) is -1.41. The third kappa shape index (κ3) is 13.2. The number of aromatic carboxylic acids is 1. The molecular weight excluding hydrogens is 400 g/mol. The van der Waals surface area contributed by atoms with Crippen molar-refractivity contribution in [1.82, 2.24) is 0 Å². The minimum absolute atomic E-state index is 0.00165. The van der Waals surface area contributed by atoms with Crippen molar-refractivity contribution in [3.8, 4) is 5.75 Å². The largest absolute Gasteiger partial charge is 0.478 e. The lowest BCUT2D eigenvalue weighted by atomic mass is 10.1. The van der Waals surface area contributed by atoms with Gasteiger partial charge in [0, 0.05) is 6.42 Å². The lowest BCUT2D eigenvalue weighted by Crippen LogP contribution is -2.11. The Morgan fingerprint density at radius 2 is 1.38 bits per heavy atom. The van der Waals surface area contributed by atoms with Crippen LogP contribution in [0.5, 0.6) is 5.75 Å². The maximum atomic E-state index is 12.0. The molecular formula is C28H36O4. The molecule has 1 rings (SSSR count). The number of hydrogen-bond donors (Lipinski definition) is 1. The van der Waals surface area contributed by atoms with E-state index in [2.05, 4.69) is 67.7 Å². The van der Waals surface area contributed by atoms with Gasteiger partial charge in [0.25, 0.3) is 0 Å². The highest BCUT2D eigenvalue weighted by Gasteiger charge is 2.14. The van der Waals surface area contributed by atoms with Crippen molar-refractivity contribution >= 4 is 11.9 Å². The Kier molecular flexibility index (Phi) is 14.7. The molecule has 0 heterocycles. The second-order valence-corrected chi connectivity index (χ2v) is 7.38. The molecule has 0 radical (unpaired) electrons. The van der Waals surface area contributed by atoms with E-state index in [9.17, 15) is 14.7 Å². The van der Waals surface area contributed by atoms with Crippen LogP contribution in [0.1, 0.15) is 74.2 Å². The molecule has 0 saturated carbocycles. The third-order valence-corrected chi connectivity index (χ3v) is 4.50.